The number of nitrogens with two attached hydrogens (primary N) is 1. The predicted molar refractivity (Wildman–Crippen MR) is 127 cm³/mol. The third-order valence-corrected chi connectivity index (χ3v) is 5.84. The van der Waals surface area contributed by atoms with Gasteiger partial charge in [-0.05, 0) is 56.0 Å². The lowest BCUT2D eigenvalue weighted by Gasteiger charge is -2.09. The van der Waals surface area contributed by atoms with Gasteiger partial charge in [0.1, 0.15) is 17.3 Å². The zero-order chi connectivity index (χ0) is 26.3. The van der Waals surface area contributed by atoms with Gasteiger partial charge in [0, 0.05) is 36.4 Å². The fourth-order valence-electron chi connectivity index (χ4n) is 4.05. The monoisotopic (exact) mass is 519 g/mol. The summed E-state index contributed by atoms with van der Waals surface area (Å²) >= 11 is 0. The minimum Gasteiger partial charge on any atom is -0.406 e. The second-order valence-corrected chi connectivity index (χ2v) is 8.83. The summed E-state index contributed by atoms with van der Waals surface area (Å²) in [6, 6.07) is 6.65. The standard InChI is InChI=1S/C24H22F5N7O/c1-13-10-18(22(25)26)36(33-13)20-11-19(30)32-23-17(8-9-31-20)21(34-35(23)12-14-2-3-14)15-4-6-16(7-5-15)37-24(27,28)29/h4-7,9-11,14,22H,2-3,8,12H2,1H3,(H2,30,32). The van der Waals surface area contributed by atoms with Crippen molar-refractivity contribution in [2.45, 2.75) is 45.5 Å². The molecule has 1 fully saturated rings. The van der Waals surface area contributed by atoms with Crippen molar-refractivity contribution < 1.29 is 26.7 Å². The van der Waals surface area contributed by atoms with Gasteiger partial charge in [0.2, 0.25) is 0 Å². The highest BCUT2D eigenvalue weighted by Gasteiger charge is 2.31. The van der Waals surface area contributed by atoms with Crippen LogP contribution in [0, 0.1) is 12.8 Å². The van der Waals surface area contributed by atoms with E-state index in [-0.39, 0.29) is 29.5 Å². The van der Waals surface area contributed by atoms with Gasteiger partial charge in [0.25, 0.3) is 6.43 Å². The molecule has 2 aliphatic rings. The predicted octanol–water partition coefficient (Wildman–Crippen LogP) is 5.42. The van der Waals surface area contributed by atoms with Crippen LogP contribution in [0.2, 0.25) is 0 Å². The molecule has 194 valence electrons. The van der Waals surface area contributed by atoms with Crippen molar-refractivity contribution in [2.75, 3.05) is 0 Å². The summed E-state index contributed by atoms with van der Waals surface area (Å²) in [6.45, 7) is 2.19. The van der Waals surface area contributed by atoms with Gasteiger partial charge in [-0.25, -0.2) is 28.1 Å². The largest absolute Gasteiger partial charge is 0.573 e. The highest BCUT2D eigenvalue weighted by Crippen LogP contribution is 2.37. The first-order valence-corrected chi connectivity index (χ1v) is 11.5. The van der Waals surface area contributed by atoms with E-state index in [9.17, 15) is 22.0 Å². The number of alkyl halides is 5. The first-order valence-electron chi connectivity index (χ1n) is 11.5. The molecule has 1 aliphatic heterocycles. The Morgan fingerprint density at radius 1 is 1.14 bits per heavy atom. The number of nitrogens with zero attached hydrogens (tertiary/aromatic N) is 6. The lowest BCUT2D eigenvalue weighted by atomic mass is 10.1. The Bertz CT molecular complexity index is 1400. The molecule has 0 saturated heterocycles. The minimum atomic E-state index is -4.80. The molecule has 1 saturated carbocycles. The van der Waals surface area contributed by atoms with Crippen LogP contribution in [0.15, 0.2) is 46.4 Å². The number of rotatable bonds is 6. The number of halogens is 5. The maximum absolute atomic E-state index is 13.6. The average molecular weight is 519 g/mol. The summed E-state index contributed by atoms with van der Waals surface area (Å²) in [5.74, 6) is 0.650. The molecule has 3 aromatic rings. The smallest absolute Gasteiger partial charge is 0.406 e. The van der Waals surface area contributed by atoms with Crippen LogP contribution in [-0.4, -0.2) is 38.0 Å². The molecule has 1 aliphatic carbocycles. The Balaban J connectivity index is 1.55. The number of aryl methyl sites for hydroxylation is 1. The molecule has 2 aromatic heterocycles. The number of hydrogen-bond acceptors (Lipinski definition) is 6. The number of aliphatic imine (C=N–C) groups is 2. The van der Waals surface area contributed by atoms with Crippen molar-refractivity contribution in [3.63, 3.8) is 0 Å². The van der Waals surface area contributed by atoms with Crippen molar-refractivity contribution >= 4 is 23.7 Å². The van der Waals surface area contributed by atoms with E-state index in [4.69, 9.17) is 10.8 Å². The van der Waals surface area contributed by atoms with Crippen LogP contribution in [0.3, 0.4) is 0 Å². The molecule has 0 unspecified atom stereocenters. The van der Waals surface area contributed by atoms with E-state index in [1.54, 1.807) is 11.6 Å². The maximum atomic E-state index is 13.6. The molecular formula is C24H22F5N7O. The van der Waals surface area contributed by atoms with Crippen molar-refractivity contribution in [3.05, 3.63) is 53.4 Å². The molecule has 5 rings (SSSR count). The maximum Gasteiger partial charge on any atom is 0.573 e. The van der Waals surface area contributed by atoms with Crippen LogP contribution in [-0.2, 0) is 13.0 Å². The number of fused-ring (bicyclic) bond motifs is 1. The van der Waals surface area contributed by atoms with Gasteiger partial charge in [-0.2, -0.15) is 10.2 Å². The molecule has 0 bridgehead atoms. The minimum absolute atomic E-state index is 0.0149. The van der Waals surface area contributed by atoms with Gasteiger partial charge < -0.3 is 10.5 Å². The molecule has 2 N–H and O–H groups in total. The van der Waals surface area contributed by atoms with Crippen LogP contribution >= 0.6 is 0 Å². The highest BCUT2D eigenvalue weighted by atomic mass is 19.4. The molecule has 8 nitrogen and oxygen atoms in total. The van der Waals surface area contributed by atoms with Gasteiger partial charge in [-0.1, -0.05) is 0 Å². The number of amidine groups is 1. The first-order chi connectivity index (χ1) is 17.6. The molecular weight excluding hydrogens is 497 g/mol. The van der Waals surface area contributed by atoms with E-state index >= 15 is 0 Å². The Labute approximate surface area is 208 Å². The fraction of sp³-hybridized carbons (Fsp3) is 0.333. The SMILES string of the molecule is Cc1cc(C(F)F)n(C2=CC(N)=Nc3c(c(-c4ccc(OC(F)(F)F)cc4)nn3CC3CC3)CC=N2)n1. The van der Waals surface area contributed by atoms with Gasteiger partial charge in [0.05, 0.1) is 11.4 Å². The summed E-state index contributed by atoms with van der Waals surface area (Å²) in [4.78, 5) is 8.90. The summed E-state index contributed by atoms with van der Waals surface area (Å²) in [5, 5.41) is 8.83. The van der Waals surface area contributed by atoms with E-state index < -0.39 is 12.8 Å². The molecule has 13 heteroatoms. The zero-order valence-electron chi connectivity index (χ0n) is 19.6. The normalized spacial score (nSPS) is 16.1. The molecule has 3 heterocycles. The highest BCUT2D eigenvalue weighted by molar-refractivity contribution is 5.98. The molecule has 0 atom stereocenters. The molecule has 1 aromatic carbocycles. The Morgan fingerprint density at radius 2 is 1.86 bits per heavy atom. The number of hydrogen-bond donors (Lipinski definition) is 1. The number of aromatic nitrogens is 4. The first kappa shape index (κ1) is 24.7. The average Bonchev–Trinajstić information content (AvgIpc) is 3.43. The lowest BCUT2D eigenvalue weighted by molar-refractivity contribution is -0.274. The van der Waals surface area contributed by atoms with Crippen LogP contribution < -0.4 is 10.5 Å². The summed E-state index contributed by atoms with van der Waals surface area (Å²) in [5.41, 5.74) is 7.97. The van der Waals surface area contributed by atoms with Crippen LogP contribution in [0.4, 0.5) is 27.8 Å². The Hall–Kier alpha value is -4.03. The molecule has 37 heavy (non-hydrogen) atoms. The third-order valence-electron chi connectivity index (χ3n) is 5.84. The van der Waals surface area contributed by atoms with E-state index in [2.05, 4.69) is 19.8 Å². The zero-order valence-corrected chi connectivity index (χ0v) is 19.6. The number of benzene rings is 1. The van der Waals surface area contributed by atoms with Crippen LogP contribution in [0.25, 0.3) is 17.1 Å². The Morgan fingerprint density at radius 3 is 2.51 bits per heavy atom. The molecule has 0 amide bonds. The van der Waals surface area contributed by atoms with Crippen LogP contribution in [0.1, 0.15) is 36.2 Å². The molecule has 0 radical (unpaired) electrons. The second kappa shape index (κ2) is 9.45. The third kappa shape index (κ3) is 5.54. The van der Waals surface area contributed by atoms with E-state index in [0.29, 0.717) is 40.8 Å². The van der Waals surface area contributed by atoms with Gasteiger partial charge >= 0.3 is 6.36 Å². The fourth-order valence-corrected chi connectivity index (χ4v) is 4.05. The Kier molecular flexibility index (Phi) is 6.30. The summed E-state index contributed by atoms with van der Waals surface area (Å²) in [6.07, 6.45) is -2.37. The van der Waals surface area contributed by atoms with Gasteiger partial charge in [-0.15, -0.1) is 13.2 Å². The molecule has 0 spiro atoms. The van der Waals surface area contributed by atoms with Crippen molar-refractivity contribution in [2.24, 2.45) is 21.6 Å². The summed E-state index contributed by atoms with van der Waals surface area (Å²) in [7, 11) is 0. The van der Waals surface area contributed by atoms with Crippen molar-refractivity contribution in [1.29, 1.82) is 0 Å². The van der Waals surface area contributed by atoms with Gasteiger partial charge in [-0.3, -0.25) is 0 Å². The number of ether oxygens (including phenoxy) is 1. The quantitative estimate of drug-likeness (QED) is 0.440. The lowest BCUT2D eigenvalue weighted by Crippen LogP contribution is -2.16. The second-order valence-electron chi connectivity index (χ2n) is 8.83. The van der Waals surface area contributed by atoms with Crippen LogP contribution in [0.5, 0.6) is 5.75 Å². The van der Waals surface area contributed by atoms with E-state index in [0.717, 1.165) is 17.5 Å². The van der Waals surface area contributed by atoms with Crippen molar-refractivity contribution in [3.8, 4) is 17.0 Å². The van der Waals surface area contributed by atoms with E-state index in [1.807, 2.05) is 0 Å². The topological polar surface area (TPSA) is 95.6 Å². The van der Waals surface area contributed by atoms with Crippen molar-refractivity contribution in [1.82, 2.24) is 19.6 Å². The van der Waals surface area contributed by atoms with Gasteiger partial charge in [0.15, 0.2) is 11.6 Å². The summed E-state index contributed by atoms with van der Waals surface area (Å²) < 4.78 is 71.6. The van der Waals surface area contributed by atoms with E-state index in [1.165, 1.54) is 42.6 Å².